The van der Waals surface area contributed by atoms with E-state index >= 15 is 0 Å². The molecule has 0 aromatic heterocycles. The van der Waals surface area contributed by atoms with E-state index in [4.69, 9.17) is 5.11 Å². The van der Waals surface area contributed by atoms with Crippen molar-refractivity contribution in [1.29, 1.82) is 0 Å². The number of carbonyl (C=O) groups is 1. The van der Waals surface area contributed by atoms with Gasteiger partial charge in [0.25, 0.3) is 0 Å². The highest BCUT2D eigenvalue weighted by Gasteiger charge is 2.40. The van der Waals surface area contributed by atoms with E-state index in [0.29, 0.717) is 12.8 Å². The zero-order chi connectivity index (χ0) is 12.6. The van der Waals surface area contributed by atoms with Crippen molar-refractivity contribution < 1.29 is 18.3 Å². The molecule has 6 heteroatoms. The Balaban J connectivity index is 2.05. The van der Waals surface area contributed by atoms with Crippen LogP contribution < -0.4 is 0 Å². The summed E-state index contributed by atoms with van der Waals surface area (Å²) in [5.41, 5.74) is 0. The summed E-state index contributed by atoms with van der Waals surface area (Å²) < 4.78 is 22.9. The van der Waals surface area contributed by atoms with Crippen molar-refractivity contribution in [3.05, 3.63) is 0 Å². The number of carboxylic acids is 1. The van der Waals surface area contributed by atoms with Gasteiger partial charge in [0.1, 0.15) is 0 Å². The third-order valence-electron chi connectivity index (χ3n) is 4.10. The molecule has 0 radical (unpaired) electrons. The van der Waals surface area contributed by atoms with Gasteiger partial charge < -0.3 is 5.11 Å². The Hall–Kier alpha value is -0.620. The molecule has 1 aliphatic heterocycles. The van der Waals surface area contributed by atoms with Crippen molar-refractivity contribution in [2.45, 2.75) is 37.8 Å². The van der Waals surface area contributed by atoms with Crippen LogP contribution in [0.3, 0.4) is 0 Å². The molecule has 0 amide bonds. The molecule has 0 spiro atoms. The Morgan fingerprint density at radius 3 is 2.53 bits per heavy atom. The number of hydrogen-bond donors (Lipinski definition) is 1. The number of hydrogen-bond acceptors (Lipinski definition) is 4. The van der Waals surface area contributed by atoms with Gasteiger partial charge >= 0.3 is 5.97 Å². The smallest absolute Gasteiger partial charge is 0.308 e. The van der Waals surface area contributed by atoms with Crippen molar-refractivity contribution >= 4 is 15.8 Å². The molecule has 1 heterocycles. The fourth-order valence-electron chi connectivity index (χ4n) is 3.08. The summed E-state index contributed by atoms with van der Waals surface area (Å²) in [6.07, 6.45) is 3.14. The van der Waals surface area contributed by atoms with Crippen molar-refractivity contribution in [2.75, 3.05) is 18.6 Å². The molecular formula is C11H19NO4S. The molecule has 0 aromatic carbocycles. The Labute approximate surface area is 102 Å². The van der Waals surface area contributed by atoms with E-state index < -0.39 is 15.8 Å². The first kappa shape index (κ1) is 12.8. The Kier molecular flexibility index (Phi) is 3.45. The maximum Gasteiger partial charge on any atom is 0.308 e. The summed E-state index contributed by atoms with van der Waals surface area (Å²) in [5, 5.41) is 9.13. The van der Waals surface area contributed by atoms with Gasteiger partial charge in [-0.2, -0.15) is 0 Å². The molecule has 2 rings (SSSR count). The van der Waals surface area contributed by atoms with Crippen LogP contribution in [0.4, 0.5) is 0 Å². The van der Waals surface area contributed by atoms with Gasteiger partial charge in [0.2, 0.25) is 0 Å². The zero-order valence-electron chi connectivity index (χ0n) is 10.0. The molecule has 98 valence electrons. The van der Waals surface area contributed by atoms with Crippen LogP contribution in [0.1, 0.15) is 25.7 Å². The molecule has 2 fully saturated rings. The van der Waals surface area contributed by atoms with Gasteiger partial charge in [-0.3, -0.25) is 9.69 Å². The summed E-state index contributed by atoms with van der Waals surface area (Å²) in [6.45, 7) is 0. The molecule has 0 bridgehead atoms. The van der Waals surface area contributed by atoms with E-state index in [1.54, 1.807) is 0 Å². The topological polar surface area (TPSA) is 74.7 Å². The lowest BCUT2D eigenvalue weighted by Crippen LogP contribution is -2.44. The molecule has 1 saturated carbocycles. The summed E-state index contributed by atoms with van der Waals surface area (Å²) >= 11 is 0. The standard InChI is InChI=1S/C11H19NO4S/c1-12(8-5-6-17(15,16)7-8)10-4-2-3-9(10)11(13)14/h8-10H,2-7H2,1H3,(H,13,14). The Morgan fingerprint density at radius 1 is 1.29 bits per heavy atom. The van der Waals surface area contributed by atoms with Gasteiger partial charge in [-0.1, -0.05) is 6.42 Å². The molecule has 0 aromatic rings. The normalized spacial score (nSPS) is 36.5. The van der Waals surface area contributed by atoms with Gasteiger partial charge in [0.05, 0.1) is 17.4 Å². The molecule has 5 nitrogen and oxygen atoms in total. The van der Waals surface area contributed by atoms with Gasteiger partial charge in [0, 0.05) is 12.1 Å². The van der Waals surface area contributed by atoms with Crippen molar-refractivity contribution in [2.24, 2.45) is 5.92 Å². The van der Waals surface area contributed by atoms with Crippen LogP contribution in [0.15, 0.2) is 0 Å². The third kappa shape index (κ3) is 2.63. The zero-order valence-corrected chi connectivity index (χ0v) is 10.8. The first-order valence-electron chi connectivity index (χ1n) is 6.06. The van der Waals surface area contributed by atoms with Gasteiger partial charge in [-0.15, -0.1) is 0 Å². The fraction of sp³-hybridized carbons (Fsp3) is 0.909. The minimum Gasteiger partial charge on any atom is -0.481 e. The maximum atomic E-state index is 11.4. The van der Waals surface area contributed by atoms with Crippen LogP contribution in [0.2, 0.25) is 0 Å². The lowest BCUT2D eigenvalue weighted by atomic mass is 10.0. The number of aliphatic carboxylic acids is 1. The lowest BCUT2D eigenvalue weighted by Gasteiger charge is -2.32. The maximum absolute atomic E-state index is 11.4. The lowest BCUT2D eigenvalue weighted by molar-refractivity contribution is -0.143. The van der Waals surface area contributed by atoms with Crippen LogP contribution in [0.25, 0.3) is 0 Å². The third-order valence-corrected chi connectivity index (χ3v) is 5.85. The predicted octanol–water partition coefficient (Wildman–Crippen LogP) is 0.359. The van der Waals surface area contributed by atoms with Crippen LogP contribution in [0.5, 0.6) is 0 Å². The highest BCUT2D eigenvalue weighted by Crippen LogP contribution is 2.32. The van der Waals surface area contributed by atoms with Gasteiger partial charge in [0.15, 0.2) is 9.84 Å². The fourth-order valence-corrected chi connectivity index (χ4v) is 4.87. The average molecular weight is 261 g/mol. The highest BCUT2D eigenvalue weighted by molar-refractivity contribution is 7.91. The van der Waals surface area contributed by atoms with Crippen LogP contribution >= 0.6 is 0 Å². The summed E-state index contributed by atoms with van der Waals surface area (Å²) in [4.78, 5) is 13.1. The molecule has 1 saturated heterocycles. The minimum absolute atomic E-state index is 0.00458. The molecule has 17 heavy (non-hydrogen) atoms. The Morgan fingerprint density at radius 2 is 2.00 bits per heavy atom. The summed E-state index contributed by atoms with van der Waals surface area (Å²) in [5.74, 6) is -0.651. The summed E-state index contributed by atoms with van der Waals surface area (Å²) in [6, 6.07) is 0.00995. The molecule has 3 atom stereocenters. The van der Waals surface area contributed by atoms with E-state index in [0.717, 1.165) is 12.8 Å². The van der Waals surface area contributed by atoms with Crippen molar-refractivity contribution in [3.8, 4) is 0 Å². The van der Waals surface area contributed by atoms with E-state index in [-0.39, 0.29) is 29.5 Å². The van der Waals surface area contributed by atoms with Crippen LogP contribution in [0, 0.1) is 5.92 Å². The molecular weight excluding hydrogens is 242 g/mol. The monoisotopic (exact) mass is 261 g/mol. The second kappa shape index (κ2) is 4.57. The Bertz CT molecular complexity index is 406. The first-order valence-corrected chi connectivity index (χ1v) is 7.88. The van der Waals surface area contributed by atoms with Crippen LogP contribution in [-0.4, -0.2) is 55.0 Å². The number of nitrogens with zero attached hydrogens (tertiary/aromatic N) is 1. The van der Waals surface area contributed by atoms with Crippen LogP contribution in [-0.2, 0) is 14.6 Å². The predicted molar refractivity (Wildman–Crippen MR) is 63.6 cm³/mol. The second-order valence-corrected chi connectivity index (χ2v) is 7.39. The highest BCUT2D eigenvalue weighted by atomic mass is 32.2. The van der Waals surface area contributed by atoms with E-state index in [2.05, 4.69) is 0 Å². The number of rotatable bonds is 3. The quantitative estimate of drug-likeness (QED) is 0.794. The van der Waals surface area contributed by atoms with E-state index in [1.807, 2.05) is 11.9 Å². The van der Waals surface area contributed by atoms with E-state index in [9.17, 15) is 13.2 Å². The van der Waals surface area contributed by atoms with Gasteiger partial charge in [-0.05, 0) is 26.3 Å². The van der Waals surface area contributed by atoms with Crippen molar-refractivity contribution in [1.82, 2.24) is 4.90 Å². The molecule has 3 unspecified atom stereocenters. The largest absolute Gasteiger partial charge is 0.481 e. The molecule has 1 N–H and O–H groups in total. The minimum atomic E-state index is -2.90. The first-order chi connectivity index (χ1) is 7.91. The number of sulfone groups is 1. The number of carboxylic acid groups (broad SMARTS) is 1. The average Bonchev–Trinajstić information content (AvgIpc) is 2.82. The summed E-state index contributed by atoms with van der Waals surface area (Å²) in [7, 11) is -1.02. The second-order valence-electron chi connectivity index (χ2n) is 5.17. The molecule has 1 aliphatic carbocycles. The molecule has 2 aliphatic rings. The van der Waals surface area contributed by atoms with Crippen molar-refractivity contribution in [3.63, 3.8) is 0 Å². The SMILES string of the molecule is CN(C1CCS(=O)(=O)C1)C1CCCC1C(=O)O. The van der Waals surface area contributed by atoms with Gasteiger partial charge in [-0.25, -0.2) is 8.42 Å². The van der Waals surface area contributed by atoms with E-state index in [1.165, 1.54) is 0 Å².